The first-order chi connectivity index (χ1) is 4.34. The minimum atomic E-state index is 0.628. The summed E-state index contributed by atoms with van der Waals surface area (Å²) in [5.41, 5.74) is 0. The Kier molecular flexibility index (Phi) is 2.49. The molecule has 0 aromatic heterocycles. The minimum Gasteiger partial charge on any atom is -0.383 e. The molecule has 9 heavy (non-hydrogen) atoms. The van der Waals surface area contributed by atoms with Gasteiger partial charge in [0.2, 0.25) is 0 Å². The zero-order valence-corrected chi connectivity index (χ0v) is 6.26. The number of hydrogen-bond donors (Lipinski definition) is 0. The molecule has 1 fully saturated rings. The topological polar surface area (TPSA) is 12.5 Å². The third-order valence-electron chi connectivity index (χ3n) is 1.92. The van der Waals surface area contributed by atoms with Gasteiger partial charge in [0.1, 0.15) is 0 Å². The summed E-state index contributed by atoms with van der Waals surface area (Å²) < 4.78 is 5.02. The third-order valence-corrected chi connectivity index (χ3v) is 1.92. The number of ether oxygens (including phenoxy) is 1. The van der Waals surface area contributed by atoms with Gasteiger partial charge in [0.15, 0.2) is 0 Å². The van der Waals surface area contributed by atoms with Crippen LogP contribution >= 0.6 is 0 Å². The predicted octanol–water partition coefficient (Wildman–Crippen LogP) is 0.727. The molecule has 0 aromatic rings. The molecule has 1 aliphatic rings. The molecular formula is C7H15NO. The fourth-order valence-electron chi connectivity index (χ4n) is 1.13. The van der Waals surface area contributed by atoms with Crippen molar-refractivity contribution in [2.24, 2.45) is 0 Å². The summed E-state index contributed by atoms with van der Waals surface area (Å²) in [5, 5.41) is 0. The van der Waals surface area contributed by atoms with Crippen molar-refractivity contribution in [1.29, 1.82) is 0 Å². The van der Waals surface area contributed by atoms with Crippen LogP contribution in [0.15, 0.2) is 0 Å². The van der Waals surface area contributed by atoms with Gasteiger partial charge in [0.05, 0.1) is 6.61 Å². The van der Waals surface area contributed by atoms with E-state index in [1.54, 1.807) is 7.11 Å². The van der Waals surface area contributed by atoms with E-state index < -0.39 is 0 Å². The van der Waals surface area contributed by atoms with Gasteiger partial charge in [-0.15, -0.1) is 0 Å². The van der Waals surface area contributed by atoms with Gasteiger partial charge in [-0.25, -0.2) is 0 Å². The van der Waals surface area contributed by atoms with Crippen molar-refractivity contribution in [1.82, 2.24) is 4.90 Å². The fourth-order valence-corrected chi connectivity index (χ4v) is 1.13. The summed E-state index contributed by atoms with van der Waals surface area (Å²) in [6, 6.07) is 0.628. The second kappa shape index (κ2) is 3.18. The highest BCUT2D eigenvalue weighted by atomic mass is 16.5. The van der Waals surface area contributed by atoms with Crippen molar-refractivity contribution in [3.63, 3.8) is 0 Å². The van der Waals surface area contributed by atoms with E-state index in [1.165, 1.54) is 19.5 Å². The van der Waals surface area contributed by atoms with E-state index in [1.807, 2.05) is 0 Å². The maximum Gasteiger partial charge on any atom is 0.0615 e. The monoisotopic (exact) mass is 129 g/mol. The zero-order valence-electron chi connectivity index (χ0n) is 6.26. The van der Waals surface area contributed by atoms with Gasteiger partial charge in [-0.1, -0.05) is 0 Å². The molecule has 0 amide bonds. The van der Waals surface area contributed by atoms with E-state index in [9.17, 15) is 0 Å². The first-order valence-corrected chi connectivity index (χ1v) is 3.57. The van der Waals surface area contributed by atoms with Crippen molar-refractivity contribution >= 4 is 0 Å². The summed E-state index contributed by atoms with van der Waals surface area (Å²) in [6.07, 6.45) is 1.37. The van der Waals surface area contributed by atoms with Crippen LogP contribution in [0.5, 0.6) is 0 Å². The Morgan fingerprint density at radius 1 is 1.56 bits per heavy atom. The fraction of sp³-hybridized carbons (Fsp3) is 1.00. The Balaban J connectivity index is 2.08. The lowest BCUT2D eigenvalue weighted by Crippen LogP contribution is -2.45. The molecule has 1 heterocycles. The van der Waals surface area contributed by atoms with Crippen molar-refractivity contribution in [3.05, 3.63) is 0 Å². The molecule has 1 saturated heterocycles. The highest BCUT2D eigenvalue weighted by Crippen LogP contribution is 2.10. The van der Waals surface area contributed by atoms with Gasteiger partial charge in [-0.3, -0.25) is 4.90 Å². The first kappa shape index (κ1) is 7.03. The van der Waals surface area contributed by atoms with E-state index in [2.05, 4.69) is 11.8 Å². The SMILES string of the molecule is COCC(C)N1CCC1. The quantitative estimate of drug-likeness (QED) is 0.557. The predicted molar refractivity (Wildman–Crippen MR) is 37.5 cm³/mol. The lowest BCUT2D eigenvalue weighted by Gasteiger charge is -2.35. The van der Waals surface area contributed by atoms with Crippen molar-refractivity contribution in [2.75, 3.05) is 26.8 Å². The van der Waals surface area contributed by atoms with Crippen molar-refractivity contribution in [2.45, 2.75) is 19.4 Å². The van der Waals surface area contributed by atoms with E-state index >= 15 is 0 Å². The van der Waals surface area contributed by atoms with Gasteiger partial charge in [-0.05, 0) is 26.4 Å². The molecule has 2 heteroatoms. The van der Waals surface area contributed by atoms with Crippen LogP contribution < -0.4 is 0 Å². The van der Waals surface area contributed by atoms with E-state index in [4.69, 9.17) is 4.74 Å². The van der Waals surface area contributed by atoms with Crippen LogP contribution in [0.2, 0.25) is 0 Å². The lowest BCUT2D eigenvalue weighted by molar-refractivity contribution is 0.0607. The van der Waals surface area contributed by atoms with Crippen LogP contribution in [0.1, 0.15) is 13.3 Å². The van der Waals surface area contributed by atoms with E-state index in [-0.39, 0.29) is 0 Å². The number of methoxy groups -OCH3 is 1. The number of likely N-dealkylation sites (tertiary alicyclic amines) is 1. The van der Waals surface area contributed by atoms with Gasteiger partial charge < -0.3 is 4.74 Å². The van der Waals surface area contributed by atoms with Crippen LogP contribution in [0.4, 0.5) is 0 Å². The highest BCUT2D eigenvalue weighted by Gasteiger charge is 2.19. The highest BCUT2D eigenvalue weighted by molar-refractivity contribution is 4.74. The van der Waals surface area contributed by atoms with E-state index in [0.29, 0.717) is 6.04 Å². The summed E-state index contributed by atoms with van der Waals surface area (Å²) in [7, 11) is 1.76. The molecule has 0 bridgehead atoms. The average Bonchev–Trinajstić information content (AvgIpc) is 1.60. The molecule has 1 aliphatic heterocycles. The summed E-state index contributed by atoms with van der Waals surface area (Å²) in [5.74, 6) is 0. The van der Waals surface area contributed by atoms with Gasteiger partial charge in [0, 0.05) is 13.2 Å². The molecule has 0 N–H and O–H groups in total. The van der Waals surface area contributed by atoms with Gasteiger partial charge in [-0.2, -0.15) is 0 Å². The standard InChI is InChI=1S/C7H15NO/c1-7(6-9-2)8-4-3-5-8/h7H,3-6H2,1-2H3. The molecule has 0 saturated carbocycles. The molecule has 0 radical (unpaired) electrons. The minimum absolute atomic E-state index is 0.628. The molecule has 0 aliphatic carbocycles. The maximum atomic E-state index is 5.02. The Bertz CT molecular complexity index is 81.0. The normalized spacial score (nSPS) is 23.3. The number of nitrogens with zero attached hydrogens (tertiary/aromatic N) is 1. The van der Waals surface area contributed by atoms with Gasteiger partial charge in [0.25, 0.3) is 0 Å². The molecule has 2 nitrogen and oxygen atoms in total. The molecular weight excluding hydrogens is 114 g/mol. The smallest absolute Gasteiger partial charge is 0.0615 e. The van der Waals surface area contributed by atoms with Crippen LogP contribution in [-0.4, -0.2) is 37.7 Å². The second-order valence-corrected chi connectivity index (χ2v) is 2.69. The molecule has 1 unspecified atom stereocenters. The molecule has 1 atom stereocenters. The van der Waals surface area contributed by atoms with Crippen molar-refractivity contribution in [3.8, 4) is 0 Å². The van der Waals surface area contributed by atoms with Gasteiger partial charge >= 0.3 is 0 Å². The summed E-state index contributed by atoms with van der Waals surface area (Å²) in [4.78, 5) is 2.43. The van der Waals surface area contributed by atoms with Crippen LogP contribution in [0, 0.1) is 0 Å². The molecule has 1 rings (SSSR count). The maximum absolute atomic E-state index is 5.02. The molecule has 0 spiro atoms. The number of hydrogen-bond acceptors (Lipinski definition) is 2. The average molecular weight is 129 g/mol. The van der Waals surface area contributed by atoms with Crippen LogP contribution in [0.3, 0.4) is 0 Å². The van der Waals surface area contributed by atoms with E-state index in [0.717, 1.165) is 6.61 Å². The van der Waals surface area contributed by atoms with Crippen molar-refractivity contribution < 1.29 is 4.74 Å². The first-order valence-electron chi connectivity index (χ1n) is 3.57. The Labute approximate surface area is 56.8 Å². The summed E-state index contributed by atoms with van der Waals surface area (Å²) >= 11 is 0. The largest absolute Gasteiger partial charge is 0.383 e. The Morgan fingerprint density at radius 3 is 2.56 bits per heavy atom. The Hall–Kier alpha value is -0.0800. The van der Waals surface area contributed by atoms with Crippen LogP contribution in [-0.2, 0) is 4.74 Å². The number of rotatable bonds is 3. The summed E-state index contributed by atoms with van der Waals surface area (Å²) in [6.45, 7) is 5.62. The zero-order chi connectivity index (χ0) is 6.69. The molecule has 54 valence electrons. The second-order valence-electron chi connectivity index (χ2n) is 2.69. The third kappa shape index (κ3) is 1.66. The Morgan fingerprint density at radius 2 is 2.22 bits per heavy atom. The van der Waals surface area contributed by atoms with Crippen LogP contribution in [0.25, 0.3) is 0 Å². The lowest BCUT2D eigenvalue weighted by atomic mass is 10.1. The molecule has 0 aromatic carbocycles.